The number of fused-ring (bicyclic) bond motifs is 1. The second-order valence-corrected chi connectivity index (χ2v) is 8.48. The van der Waals surface area contributed by atoms with Gasteiger partial charge in [0, 0.05) is 26.0 Å². The fourth-order valence-corrected chi connectivity index (χ4v) is 4.59. The summed E-state index contributed by atoms with van der Waals surface area (Å²) in [6.45, 7) is 2.85. The molecule has 0 aliphatic carbocycles. The summed E-state index contributed by atoms with van der Waals surface area (Å²) in [6, 6.07) is 13.6. The number of ether oxygens (including phenoxy) is 1. The Morgan fingerprint density at radius 3 is 2.58 bits per heavy atom. The van der Waals surface area contributed by atoms with Crippen molar-refractivity contribution in [1.29, 1.82) is 0 Å². The zero-order valence-corrected chi connectivity index (χ0v) is 18.8. The third-order valence-electron chi connectivity index (χ3n) is 4.99. The molecule has 0 bridgehead atoms. The van der Waals surface area contributed by atoms with Crippen molar-refractivity contribution in [3.8, 4) is 0 Å². The van der Waals surface area contributed by atoms with Gasteiger partial charge in [0.05, 0.1) is 5.39 Å². The number of esters is 1. The van der Waals surface area contributed by atoms with Gasteiger partial charge in [-0.3, -0.25) is 4.98 Å². The largest absolute Gasteiger partial charge is 0.457 e. The van der Waals surface area contributed by atoms with Gasteiger partial charge in [-0.2, -0.15) is 4.98 Å². The Balaban J connectivity index is 1.58. The topological polar surface area (TPSA) is 68.2 Å². The first-order valence-corrected chi connectivity index (χ1v) is 11.0. The van der Waals surface area contributed by atoms with Gasteiger partial charge in [0.15, 0.2) is 0 Å². The Labute approximate surface area is 189 Å². The van der Waals surface area contributed by atoms with Crippen LogP contribution in [-0.2, 0) is 17.8 Å². The Morgan fingerprint density at radius 2 is 1.84 bits per heavy atom. The molecule has 0 spiro atoms. The molecule has 0 aliphatic rings. The van der Waals surface area contributed by atoms with Crippen LogP contribution in [0.3, 0.4) is 0 Å². The van der Waals surface area contributed by atoms with E-state index in [1.54, 1.807) is 12.4 Å². The van der Waals surface area contributed by atoms with Gasteiger partial charge in [-0.05, 0) is 53.8 Å². The highest BCUT2D eigenvalue weighted by Crippen LogP contribution is 2.36. The zero-order chi connectivity index (χ0) is 21.8. The number of hydrogen-bond acceptors (Lipinski definition) is 7. The van der Waals surface area contributed by atoms with Gasteiger partial charge in [-0.15, -0.1) is 11.3 Å². The Morgan fingerprint density at radius 1 is 1.10 bits per heavy atom. The highest BCUT2D eigenvalue weighted by atomic mass is 35.5. The summed E-state index contributed by atoms with van der Waals surface area (Å²) < 4.78 is 5.53. The maximum atomic E-state index is 12.8. The Bertz CT molecular complexity index is 1200. The lowest BCUT2D eigenvalue weighted by Gasteiger charge is -2.19. The van der Waals surface area contributed by atoms with Gasteiger partial charge in [-0.1, -0.05) is 30.3 Å². The molecule has 3 aromatic heterocycles. The van der Waals surface area contributed by atoms with E-state index < -0.39 is 0 Å². The lowest BCUT2D eigenvalue weighted by molar-refractivity contribution is 0.0478. The van der Waals surface area contributed by atoms with Crippen molar-refractivity contribution in [2.75, 3.05) is 18.5 Å². The van der Waals surface area contributed by atoms with Crippen LogP contribution in [0.25, 0.3) is 10.2 Å². The normalized spacial score (nSPS) is 10.9. The number of thiophene rings is 1. The van der Waals surface area contributed by atoms with Crippen LogP contribution in [0.1, 0.15) is 26.4 Å². The third kappa shape index (κ3) is 4.84. The van der Waals surface area contributed by atoms with E-state index in [4.69, 9.17) is 16.3 Å². The molecule has 0 fully saturated rings. The van der Waals surface area contributed by atoms with Crippen LogP contribution in [0.15, 0.2) is 54.9 Å². The molecule has 0 saturated carbocycles. The number of carbonyl (C=O) groups excluding carboxylic acids is 1. The minimum atomic E-state index is -0.370. The maximum Gasteiger partial charge on any atom is 0.349 e. The summed E-state index contributed by atoms with van der Waals surface area (Å²) in [6.07, 6.45) is 4.40. The van der Waals surface area contributed by atoms with Gasteiger partial charge in [0.2, 0.25) is 5.28 Å². The smallest absolute Gasteiger partial charge is 0.349 e. The number of nitrogens with zero attached hydrogens (tertiary/aromatic N) is 4. The molecule has 0 aliphatic heterocycles. The number of anilines is 1. The van der Waals surface area contributed by atoms with Crippen molar-refractivity contribution in [2.24, 2.45) is 0 Å². The van der Waals surface area contributed by atoms with Gasteiger partial charge in [0.1, 0.15) is 22.1 Å². The monoisotopic (exact) mass is 452 g/mol. The minimum Gasteiger partial charge on any atom is -0.457 e. The molecule has 4 aromatic rings. The number of aromatic nitrogens is 3. The van der Waals surface area contributed by atoms with E-state index in [2.05, 4.69) is 15.0 Å². The predicted molar refractivity (Wildman–Crippen MR) is 124 cm³/mol. The number of rotatable bonds is 7. The number of hydrogen-bond donors (Lipinski definition) is 0. The summed E-state index contributed by atoms with van der Waals surface area (Å²) in [4.78, 5) is 28.9. The molecule has 0 unspecified atom stereocenters. The SMILES string of the molecule is Cc1c(C(=O)OCc2ccccc2)sc2nc(Cl)nc(N(C)CCc3ccncc3)c12. The summed E-state index contributed by atoms with van der Waals surface area (Å²) in [5.74, 6) is 0.339. The number of halogens is 1. The van der Waals surface area contributed by atoms with Crippen molar-refractivity contribution >= 4 is 44.9 Å². The molecule has 0 N–H and O–H groups in total. The third-order valence-corrected chi connectivity index (χ3v) is 6.32. The van der Waals surface area contributed by atoms with Crippen molar-refractivity contribution in [3.63, 3.8) is 0 Å². The first kappa shape index (κ1) is 21.2. The first-order chi connectivity index (χ1) is 15.0. The fourth-order valence-electron chi connectivity index (χ4n) is 3.30. The first-order valence-electron chi connectivity index (χ1n) is 9.80. The molecule has 0 atom stereocenters. The van der Waals surface area contributed by atoms with E-state index in [-0.39, 0.29) is 17.9 Å². The molecule has 1 aromatic carbocycles. The molecular formula is C23H21ClN4O2S. The number of carbonyl (C=O) groups is 1. The molecule has 158 valence electrons. The van der Waals surface area contributed by atoms with Crippen LogP contribution in [-0.4, -0.2) is 34.5 Å². The summed E-state index contributed by atoms with van der Waals surface area (Å²) in [5, 5.41) is 0.988. The molecule has 31 heavy (non-hydrogen) atoms. The molecule has 0 radical (unpaired) electrons. The highest BCUT2D eigenvalue weighted by molar-refractivity contribution is 7.20. The predicted octanol–water partition coefficient (Wildman–Crippen LogP) is 5.08. The van der Waals surface area contributed by atoms with Gasteiger partial charge >= 0.3 is 5.97 Å². The Hall–Kier alpha value is -3.03. The quantitative estimate of drug-likeness (QED) is 0.287. The van der Waals surface area contributed by atoms with Crippen LogP contribution in [0.5, 0.6) is 0 Å². The molecule has 4 rings (SSSR count). The van der Waals surface area contributed by atoms with Crippen molar-refractivity contribution in [3.05, 3.63) is 81.7 Å². The van der Waals surface area contributed by atoms with E-state index in [0.717, 1.165) is 29.5 Å². The fraction of sp³-hybridized carbons (Fsp3) is 0.217. The maximum absolute atomic E-state index is 12.8. The van der Waals surface area contributed by atoms with Crippen molar-refractivity contribution in [1.82, 2.24) is 15.0 Å². The molecule has 0 saturated heterocycles. The van der Waals surface area contributed by atoms with Crippen LogP contribution < -0.4 is 4.90 Å². The molecule has 0 amide bonds. The van der Waals surface area contributed by atoms with Crippen LogP contribution >= 0.6 is 22.9 Å². The second-order valence-electron chi connectivity index (χ2n) is 7.14. The van der Waals surface area contributed by atoms with Crippen LogP contribution in [0.2, 0.25) is 5.28 Å². The molecule has 3 heterocycles. The number of likely N-dealkylation sites (N-methyl/N-ethyl adjacent to an activating group) is 1. The average molecular weight is 453 g/mol. The average Bonchev–Trinajstić information content (AvgIpc) is 3.12. The summed E-state index contributed by atoms with van der Waals surface area (Å²) in [7, 11) is 1.96. The molecule has 8 heteroatoms. The summed E-state index contributed by atoms with van der Waals surface area (Å²) >= 11 is 7.48. The van der Waals surface area contributed by atoms with E-state index >= 15 is 0 Å². The van der Waals surface area contributed by atoms with E-state index in [1.807, 2.05) is 61.3 Å². The molecule has 6 nitrogen and oxygen atoms in total. The lowest BCUT2D eigenvalue weighted by atomic mass is 10.1. The van der Waals surface area contributed by atoms with Gasteiger partial charge in [0.25, 0.3) is 0 Å². The number of benzene rings is 1. The van der Waals surface area contributed by atoms with Crippen LogP contribution in [0.4, 0.5) is 5.82 Å². The number of pyridine rings is 1. The minimum absolute atomic E-state index is 0.156. The van der Waals surface area contributed by atoms with Crippen molar-refractivity contribution in [2.45, 2.75) is 20.0 Å². The zero-order valence-electron chi connectivity index (χ0n) is 17.2. The number of aryl methyl sites for hydroxylation is 1. The summed E-state index contributed by atoms with van der Waals surface area (Å²) in [5.41, 5.74) is 2.93. The van der Waals surface area contributed by atoms with Gasteiger partial charge in [-0.25, -0.2) is 9.78 Å². The van der Waals surface area contributed by atoms with E-state index in [9.17, 15) is 4.79 Å². The lowest BCUT2D eigenvalue weighted by Crippen LogP contribution is -2.22. The van der Waals surface area contributed by atoms with Crippen molar-refractivity contribution < 1.29 is 9.53 Å². The standard InChI is InChI=1S/C23H21ClN4O2S/c1-15-18-20(28(2)13-10-16-8-11-25-12-9-16)26-23(24)27-21(18)31-19(15)22(29)30-14-17-6-4-3-5-7-17/h3-9,11-12H,10,13-14H2,1-2H3. The highest BCUT2D eigenvalue weighted by Gasteiger charge is 2.23. The van der Waals surface area contributed by atoms with Gasteiger partial charge < -0.3 is 9.64 Å². The molecular weight excluding hydrogens is 432 g/mol. The van der Waals surface area contributed by atoms with Crippen LogP contribution in [0, 0.1) is 6.92 Å². The second kappa shape index (κ2) is 9.41. The van der Waals surface area contributed by atoms with E-state index in [0.29, 0.717) is 15.5 Å². The Kier molecular flexibility index (Phi) is 6.44. The van der Waals surface area contributed by atoms with E-state index in [1.165, 1.54) is 16.9 Å².